The quantitative estimate of drug-likeness (QED) is 0.0644. The van der Waals surface area contributed by atoms with Crippen LogP contribution in [-0.2, 0) is 0 Å². The summed E-state index contributed by atoms with van der Waals surface area (Å²) in [6.45, 7) is 2.82. The minimum atomic E-state index is -0.589. The number of non-ortho nitro benzene ring substituents is 1. The SMILES string of the molecule is CCCCCCCCOc1ccc(C(=O)Oc2ccc(/C=N/NC(=O)c3ccc([N+](=O)[O-])cc3)c(O)c2)cc1. The van der Waals surface area contributed by atoms with Gasteiger partial charge in [-0.2, -0.15) is 5.10 Å². The summed E-state index contributed by atoms with van der Waals surface area (Å²) in [6.07, 6.45) is 8.31. The fraction of sp³-hybridized carbons (Fsp3) is 0.276. The second kappa shape index (κ2) is 14.9. The average Bonchev–Trinajstić information content (AvgIpc) is 2.94. The number of nitro benzene ring substituents is 1. The molecule has 204 valence electrons. The van der Waals surface area contributed by atoms with E-state index >= 15 is 0 Å². The summed E-state index contributed by atoms with van der Waals surface area (Å²) in [4.78, 5) is 34.8. The maximum atomic E-state index is 12.5. The number of nitrogens with zero attached hydrogens (tertiary/aromatic N) is 2. The molecular weight excluding hydrogens is 502 g/mol. The third-order valence-electron chi connectivity index (χ3n) is 5.78. The second-order valence-electron chi connectivity index (χ2n) is 8.75. The number of ether oxygens (including phenoxy) is 2. The number of hydrazone groups is 1. The van der Waals surface area contributed by atoms with Gasteiger partial charge in [-0.3, -0.25) is 14.9 Å². The Morgan fingerprint density at radius 1 is 0.923 bits per heavy atom. The Kier molecular flexibility index (Phi) is 11.0. The predicted octanol–water partition coefficient (Wildman–Crippen LogP) is 6.02. The summed E-state index contributed by atoms with van der Waals surface area (Å²) >= 11 is 0. The number of unbranched alkanes of at least 4 members (excludes halogenated alkanes) is 5. The number of nitro groups is 1. The van der Waals surface area contributed by atoms with Crippen LogP contribution in [-0.4, -0.2) is 34.7 Å². The number of phenolic OH excluding ortho intramolecular Hbond substituents is 1. The van der Waals surface area contributed by atoms with Gasteiger partial charge in [-0.15, -0.1) is 0 Å². The second-order valence-corrected chi connectivity index (χ2v) is 8.75. The third-order valence-corrected chi connectivity index (χ3v) is 5.78. The number of phenols is 1. The first kappa shape index (κ1) is 28.8. The molecule has 0 aliphatic carbocycles. The number of amides is 1. The lowest BCUT2D eigenvalue weighted by Crippen LogP contribution is -2.17. The van der Waals surface area contributed by atoms with Crippen LogP contribution in [0.5, 0.6) is 17.2 Å². The van der Waals surface area contributed by atoms with Crippen LogP contribution >= 0.6 is 0 Å². The summed E-state index contributed by atoms with van der Waals surface area (Å²) in [5, 5.41) is 24.8. The largest absolute Gasteiger partial charge is 0.507 e. The molecule has 0 radical (unpaired) electrons. The smallest absolute Gasteiger partial charge is 0.343 e. The highest BCUT2D eigenvalue weighted by molar-refractivity contribution is 5.95. The van der Waals surface area contributed by atoms with E-state index in [0.29, 0.717) is 17.9 Å². The molecule has 39 heavy (non-hydrogen) atoms. The highest BCUT2D eigenvalue weighted by atomic mass is 16.6. The molecule has 0 bridgehead atoms. The molecule has 0 fully saturated rings. The van der Waals surface area contributed by atoms with E-state index in [-0.39, 0.29) is 28.3 Å². The topological polar surface area (TPSA) is 140 Å². The number of rotatable bonds is 14. The van der Waals surface area contributed by atoms with Gasteiger partial charge in [0.05, 0.1) is 23.3 Å². The number of esters is 1. The average molecular weight is 534 g/mol. The van der Waals surface area contributed by atoms with Gasteiger partial charge in [-0.1, -0.05) is 39.0 Å². The van der Waals surface area contributed by atoms with Crippen molar-refractivity contribution < 1.29 is 29.1 Å². The van der Waals surface area contributed by atoms with Gasteiger partial charge in [0.15, 0.2) is 0 Å². The molecule has 0 aliphatic rings. The van der Waals surface area contributed by atoms with Crippen molar-refractivity contribution in [3.05, 3.63) is 93.5 Å². The first-order valence-electron chi connectivity index (χ1n) is 12.7. The van der Waals surface area contributed by atoms with Crippen LogP contribution in [0.2, 0.25) is 0 Å². The molecule has 0 saturated heterocycles. The molecule has 0 unspecified atom stereocenters. The Labute approximate surface area is 226 Å². The summed E-state index contributed by atoms with van der Waals surface area (Å²) in [5.74, 6) is -0.569. The van der Waals surface area contributed by atoms with Gasteiger partial charge in [-0.25, -0.2) is 10.2 Å². The van der Waals surface area contributed by atoms with Gasteiger partial charge in [-0.05, 0) is 55.0 Å². The maximum Gasteiger partial charge on any atom is 0.343 e. The Bertz CT molecular complexity index is 1290. The van der Waals surface area contributed by atoms with Crippen LogP contribution in [0.25, 0.3) is 0 Å². The molecule has 3 aromatic rings. The van der Waals surface area contributed by atoms with E-state index in [1.807, 2.05) is 0 Å². The van der Waals surface area contributed by atoms with E-state index < -0.39 is 16.8 Å². The van der Waals surface area contributed by atoms with E-state index in [1.165, 1.54) is 74.4 Å². The van der Waals surface area contributed by atoms with Crippen LogP contribution in [0, 0.1) is 10.1 Å². The molecule has 0 spiro atoms. The van der Waals surface area contributed by atoms with Crippen LogP contribution in [0.1, 0.15) is 71.7 Å². The molecule has 0 saturated carbocycles. The van der Waals surface area contributed by atoms with Crippen molar-refractivity contribution in [3.8, 4) is 17.2 Å². The predicted molar refractivity (Wildman–Crippen MR) is 147 cm³/mol. The van der Waals surface area contributed by atoms with Crippen molar-refractivity contribution in [2.75, 3.05) is 6.61 Å². The van der Waals surface area contributed by atoms with Crippen molar-refractivity contribution in [1.29, 1.82) is 0 Å². The Balaban J connectivity index is 1.47. The number of nitrogens with one attached hydrogen (secondary N) is 1. The van der Waals surface area contributed by atoms with Gasteiger partial charge in [0.25, 0.3) is 11.6 Å². The molecule has 0 heterocycles. The Morgan fingerprint density at radius 2 is 1.56 bits per heavy atom. The lowest BCUT2D eigenvalue weighted by Gasteiger charge is -2.08. The van der Waals surface area contributed by atoms with Crippen molar-refractivity contribution in [2.45, 2.75) is 45.4 Å². The summed E-state index contributed by atoms with van der Waals surface area (Å²) in [7, 11) is 0. The molecule has 0 aliphatic heterocycles. The monoisotopic (exact) mass is 533 g/mol. The fourth-order valence-corrected chi connectivity index (χ4v) is 3.58. The first-order valence-corrected chi connectivity index (χ1v) is 12.7. The third kappa shape index (κ3) is 9.26. The Morgan fingerprint density at radius 3 is 2.23 bits per heavy atom. The minimum absolute atomic E-state index is 0.132. The summed E-state index contributed by atoms with van der Waals surface area (Å²) in [5.41, 5.74) is 2.93. The van der Waals surface area contributed by atoms with Crippen LogP contribution in [0.3, 0.4) is 0 Å². The van der Waals surface area contributed by atoms with Crippen LogP contribution in [0.4, 0.5) is 5.69 Å². The van der Waals surface area contributed by atoms with Gasteiger partial charge < -0.3 is 14.6 Å². The lowest BCUT2D eigenvalue weighted by molar-refractivity contribution is -0.384. The molecule has 10 nitrogen and oxygen atoms in total. The molecule has 0 aromatic heterocycles. The van der Waals surface area contributed by atoms with Gasteiger partial charge in [0, 0.05) is 29.3 Å². The number of benzene rings is 3. The number of hydrogen-bond acceptors (Lipinski definition) is 8. The fourth-order valence-electron chi connectivity index (χ4n) is 3.58. The zero-order chi connectivity index (χ0) is 28.0. The van der Waals surface area contributed by atoms with Crippen molar-refractivity contribution in [3.63, 3.8) is 0 Å². The highest BCUT2D eigenvalue weighted by Gasteiger charge is 2.11. The summed E-state index contributed by atoms with van der Waals surface area (Å²) < 4.78 is 11.1. The van der Waals surface area contributed by atoms with Gasteiger partial charge in [0.2, 0.25) is 0 Å². The van der Waals surface area contributed by atoms with Crippen LogP contribution in [0.15, 0.2) is 71.8 Å². The molecule has 3 rings (SSSR count). The van der Waals surface area contributed by atoms with E-state index in [4.69, 9.17) is 9.47 Å². The van der Waals surface area contributed by atoms with E-state index in [2.05, 4.69) is 17.5 Å². The van der Waals surface area contributed by atoms with Gasteiger partial charge in [0.1, 0.15) is 17.2 Å². The zero-order valence-electron chi connectivity index (χ0n) is 21.7. The molecule has 1 amide bonds. The molecule has 0 atom stereocenters. The minimum Gasteiger partial charge on any atom is -0.507 e. The molecule has 10 heteroatoms. The highest BCUT2D eigenvalue weighted by Crippen LogP contribution is 2.24. The maximum absolute atomic E-state index is 12.5. The Hall–Kier alpha value is -4.73. The number of hydrogen-bond donors (Lipinski definition) is 2. The number of carbonyl (C=O) groups is 2. The number of carbonyl (C=O) groups excluding carboxylic acids is 2. The van der Waals surface area contributed by atoms with Gasteiger partial charge >= 0.3 is 5.97 Å². The molecular formula is C29H31N3O7. The summed E-state index contributed by atoms with van der Waals surface area (Å²) in [6, 6.07) is 15.9. The van der Waals surface area contributed by atoms with Crippen molar-refractivity contribution in [2.24, 2.45) is 5.10 Å². The van der Waals surface area contributed by atoms with E-state index in [0.717, 1.165) is 12.8 Å². The first-order chi connectivity index (χ1) is 18.9. The van der Waals surface area contributed by atoms with E-state index in [9.17, 15) is 24.8 Å². The molecule has 3 aromatic carbocycles. The lowest BCUT2D eigenvalue weighted by atomic mass is 10.1. The zero-order valence-corrected chi connectivity index (χ0v) is 21.7. The van der Waals surface area contributed by atoms with Crippen molar-refractivity contribution in [1.82, 2.24) is 5.43 Å². The number of aromatic hydroxyl groups is 1. The molecule has 2 N–H and O–H groups in total. The normalized spacial score (nSPS) is 10.8. The van der Waals surface area contributed by atoms with Crippen LogP contribution < -0.4 is 14.9 Å². The standard InChI is InChI=1S/C29H31N3O7/c1-2-3-4-5-6-7-18-38-25-15-10-22(11-16-25)29(35)39-26-17-12-23(27(33)19-26)20-30-31-28(34)21-8-13-24(14-9-21)32(36)37/h8-17,19-20,33H,2-7,18H2,1H3,(H,31,34)/b30-20+. The van der Waals surface area contributed by atoms with Crippen molar-refractivity contribution >= 4 is 23.8 Å². The van der Waals surface area contributed by atoms with E-state index in [1.54, 1.807) is 24.3 Å².